The maximum absolute atomic E-state index is 11.3. The lowest BCUT2D eigenvalue weighted by Gasteiger charge is -2.31. The summed E-state index contributed by atoms with van der Waals surface area (Å²) in [5, 5.41) is 0. The first-order valence-electron chi connectivity index (χ1n) is 6.53. The van der Waals surface area contributed by atoms with Crippen LogP contribution in [0.3, 0.4) is 0 Å². The summed E-state index contributed by atoms with van der Waals surface area (Å²) in [7, 11) is 0. The number of nitrogen functional groups attached to an aromatic ring is 1. The third kappa shape index (κ3) is 3.11. The van der Waals surface area contributed by atoms with Gasteiger partial charge in [0.1, 0.15) is 12.0 Å². The molecule has 5 nitrogen and oxygen atoms in total. The molecule has 1 amide bonds. The van der Waals surface area contributed by atoms with Crippen LogP contribution in [0.5, 0.6) is 0 Å². The quantitative estimate of drug-likeness (QED) is 0.456. The van der Waals surface area contributed by atoms with Crippen LogP contribution in [0.4, 0.5) is 0 Å². The molecule has 1 aliphatic rings. The average Bonchev–Trinajstić information content (AvgIpc) is 2.79. The van der Waals surface area contributed by atoms with Gasteiger partial charge in [0.05, 0.1) is 12.1 Å². The van der Waals surface area contributed by atoms with E-state index in [2.05, 4.69) is 17.2 Å². The Morgan fingerprint density at radius 2 is 2.39 bits per heavy atom. The summed E-state index contributed by atoms with van der Waals surface area (Å²) < 4.78 is 5.40. The van der Waals surface area contributed by atoms with E-state index in [1.807, 2.05) is 0 Å². The summed E-state index contributed by atoms with van der Waals surface area (Å²) in [6.07, 6.45) is 5.50. The van der Waals surface area contributed by atoms with Crippen molar-refractivity contribution in [2.75, 3.05) is 13.1 Å². The van der Waals surface area contributed by atoms with Crippen LogP contribution in [0.25, 0.3) is 0 Å². The Bertz CT molecular complexity index is 399. The zero-order valence-corrected chi connectivity index (χ0v) is 10.8. The highest BCUT2D eigenvalue weighted by molar-refractivity contribution is 5.93. The number of carbonyl (C=O) groups is 1. The molecule has 1 saturated carbocycles. The van der Waals surface area contributed by atoms with Crippen molar-refractivity contribution in [1.82, 2.24) is 10.3 Å². The van der Waals surface area contributed by atoms with E-state index in [1.54, 1.807) is 6.07 Å². The second kappa shape index (κ2) is 6.02. The molecule has 0 bridgehead atoms. The topological polar surface area (TPSA) is 71.5 Å². The van der Waals surface area contributed by atoms with Gasteiger partial charge in [0.15, 0.2) is 0 Å². The maximum Gasteiger partial charge on any atom is 0.268 e. The molecule has 0 spiro atoms. The smallest absolute Gasteiger partial charge is 0.268 e. The lowest BCUT2D eigenvalue weighted by Crippen LogP contribution is -2.32. The van der Waals surface area contributed by atoms with Gasteiger partial charge in [0, 0.05) is 6.54 Å². The van der Waals surface area contributed by atoms with E-state index < -0.39 is 0 Å². The zero-order valence-electron chi connectivity index (χ0n) is 10.8. The fraction of sp³-hybridized carbons (Fsp3) is 0.615. The zero-order chi connectivity index (χ0) is 13.0. The highest BCUT2D eigenvalue weighted by Gasteiger charge is 2.20. The number of furan rings is 1. The molecular formula is C13H21N3O2. The van der Waals surface area contributed by atoms with Crippen LogP contribution in [0.1, 0.15) is 42.3 Å². The van der Waals surface area contributed by atoms with Gasteiger partial charge >= 0.3 is 0 Å². The first-order valence-corrected chi connectivity index (χ1v) is 6.53. The number of hydrogen-bond acceptors (Lipinski definition) is 4. The summed E-state index contributed by atoms with van der Waals surface area (Å²) in [6.45, 7) is 5.02. The van der Waals surface area contributed by atoms with Gasteiger partial charge in [-0.25, -0.2) is 5.84 Å². The molecule has 0 atom stereocenters. The molecule has 0 aliphatic heterocycles. The molecule has 100 valence electrons. The van der Waals surface area contributed by atoms with Crippen LogP contribution in [-0.4, -0.2) is 23.9 Å². The molecule has 3 N–H and O–H groups in total. The normalized spacial score (nSPS) is 15.7. The summed E-state index contributed by atoms with van der Waals surface area (Å²) in [6, 6.07) is 1.76. The van der Waals surface area contributed by atoms with Gasteiger partial charge in [0.2, 0.25) is 0 Å². The minimum atomic E-state index is -0.313. The van der Waals surface area contributed by atoms with Gasteiger partial charge in [-0.3, -0.25) is 15.1 Å². The van der Waals surface area contributed by atoms with E-state index >= 15 is 0 Å². The van der Waals surface area contributed by atoms with Gasteiger partial charge in [0.25, 0.3) is 5.91 Å². The number of nitrogens with two attached hydrogens (primary N) is 1. The molecular weight excluding hydrogens is 230 g/mol. The van der Waals surface area contributed by atoms with E-state index in [9.17, 15) is 4.79 Å². The van der Waals surface area contributed by atoms with E-state index in [0.717, 1.165) is 31.3 Å². The SMILES string of the molecule is CCN(Cc1cc(C(=O)NN)co1)CC1CCC1. The summed E-state index contributed by atoms with van der Waals surface area (Å²) in [5.41, 5.74) is 2.58. The Balaban J connectivity index is 1.89. The Morgan fingerprint density at radius 3 is 2.94 bits per heavy atom. The number of amides is 1. The van der Waals surface area contributed by atoms with E-state index in [1.165, 1.54) is 25.5 Å². The van der Waals surface area contributed by atoms with Crippen LogP contribution in [0.2, 0.25) is 0 Å². The van der Waals surface area contributed by atoms with Crippen molar-refractivity contribution >= 4 is 5.91 Å². The molecule has 5 heteroatoms. The fourth-order valence-corrected chi connectivity index (χ4v) is 2.23. The van der Waals surface area contributed by atoms with Gasteiger partial charge in [-0.1, -0.05) is 13.3 Å². The van der Waals surface area contributed by atoms with E-state index in [0.29, 0.717) is 5.56 Å². The standard InChI is InChI=1S/C13H21N3O2/c1-2-16(7-10-4-3-5-10)8-12-6-11(9-18-12)13(17)15-14/h6,9-10H,2-5,7-8,14H2,1H3,(H,15,17). The average molecular weight is 251 g/mol. The number of nitrogens with zero attached hydrogens (tertiary/aromatic N) is 1. The van der Waals surface area contributed by atoms with Gasteiger partial charge < -0.3 is 4.42 Å². The molecule has 1 fully saturated rings. The predicted octanol–water partition coefficient (Wildman–Crippen LogP) is 1.51. The number of carbonyl (C=O) groups excluding carboxylic acids is 1. The largest absolute Gasteiger partial charge is 0.467 e. The van der Waals surface area contributed by atoms with Crippen molar-refractivity contribution in [2.24, 2.45) is 11.8 Å². The monoisotopic (exact) mass is 251 g/mol. The molecule has 1 heterocycles. The van der Waals surface area contributed by atoms with Gasteiger partial charge in [-0.05, 0) is 31.4 Å². The Hall–Kier alpha value is -1.33. The number of nitrogens with one attached hydrogen (secondary N) is 1. The molecule has 0 saturated heterocycles. The van der Waals surface area contributed by atoms with Crippen molar-refractivity contribution in [3.05, 3.63) is 23.7 Å². The Labute approximate surface area is 107 Å². The summed E-state index contributed by atoms with van der Waals surface area (Å²) in [5.74, 6) is 6.42. The van der Waals surface area contributed by atoms with Crippen LogP contribution in [0.15, 0.2) is 16.7 Å². The molecule has 0 unspecified atom stereocenters. The molecule has 1 aromatic heterocycles. The van der Waals surface area contributed by atoms with Gasteiger partial charge in [-0.15, -0.1) is 0 Å². The van der Waals surface area contributed by atoms with Crippen molar-refractivity contribution in [3.8, 4) is 0 Å². The summed E-state index contributed by atoms with van der Waals surface area (Å²) in [4.78, 5) is 13.7. The Kier molecular flexibility index (Phi) is 4.38. The molecule has 2 rings (SSSR count). The van der Waals surface area contributed by atoms with Crippen molar-refractivity contribution < 1.29 is 9.21 Å². The van der Waals surface area contributed by atoms with Crippen LogP contribution in [0, 0.1) is 5.92 Å². The van der Waals surface area contributed by atoms with Crippen molar-refractivity contribution in [2.45, 2.75) is 32.7 Å². The highest BCUT2D eigenvalue weighted by atomic mass is 16.3. The minimum absolute atomic E-state index is 0.313. The van der Waals surface area contributed by atoms with Crippen molar-refractivity contribution in [1.29, 1.82) is 0 Å². The first-order chi connectivity index (χ1) is 8.72. The summed E-state index contributed by atoms with van der Waals surface area (Å²) >= 11 is 0. The van der Waals surface area contributed by atoms with Crippen LogP contribution >= 0.6 is 0 Å². The first kappa shape index (κ1) is 13.1. The number of rotatable bonds is 6. The lowest BCUT2D eigenvalue weighted by molar-refractivity contribution is 0.0953. The lowest BCUT2D eigenvalue weighted by atomic mass is 9.85. The van der Waals surface area contributed by atoms with E-state index in [-0.39, 0.29) is 5.91 Å². The van der Waals surface area contributed by atoms with Crippen molar-refractivity contribution in [3.63, 3.8) is 0 Å². The predicted molar refractivity (Wildman–Crippen MR) is 68.7 cm³/mol. The van der Waals surface area contributed by atoms with E-state index in [4.69, 9.17) is 10.3 Å². The highest BCUT2D eigenvalue weighted by Crippen LogP contribution is 2.27. The molecule has 18 heavy (non-hydrogen) atoms. The second-order valence-electron chi connectivity index (χ2n) is 4.90. The molecule has 0 aromatic carbocycles. The number of hydrogen-bond donors (Lipinski definition) is 2. The molecule has 1 aromatic rings. The third-order valence-electron chi connectivity index (χ3n) is 3.61. The molecule has 0 radical (unpaired) electrons. The maximum atomic E-state index is 11.3. The minimum Gasteiger partial charge on any atom is -0.467 e. The molecule has 1 aliphatic carbocycles. The Morgan fingerprint density at radius 1 is 1.61 bits per heavy atom. The van der Waals surface area contributed by atoms with Crippen LogP contribution in [-0.2, 0) is 6.54 Å². The van der Waals surface area contributed by atoms with Crippen LogP contribution < -0.4 is 11.3 Å². The number of hydrazine groups is 1. The fourth-order valence-electron chi connectivity index (χ4n) is 2.23. The second-order valence-corrected chi connectivity index (χ2v) is 4.90. The third-order valence-corrected chi connectivity index (χ3v) is 3.61. The van der Waals surface area contributed by atoms with Gasteiger partial charge in [-0.2, -0.15) is 0 Å².